The molecule has 3 rings (SSSR count). The Balaban J connectivity index is 1.67. The highest BCUT2D eigenvalue weighted by Gasteiger charge is 2.37. The van der Waals surface area contributed by atoms with Crippen LogP contribution in [0, 0.1) is 5.82 Å². The third-order valence-electron chi connectivity index (χ3n) is 3.64. The zero-order valence-electron chi connectivity index (χ0n) is 13.2. The summed E-state index contributed by atoms with van der Waals surface area (Å²) in [6.45, 7) is -0.538. The van der Waals surface area contributed by atoms with Gasteiger partial charge in [0.2, 0.25) is 5.91 Å². The van der Waals surface area contributed by atoms with E-state index in [4.69, 9.17) is 0 Å². The molecule has 1 aromatic carbocycles. The Labute approximate surface area is 152 Å². The molecular weight excluding hydrogens is 383 g/mol. The molecule has 0 aromatic heterocycles. The normalized spacial score (nSPS) is 23.0. The molecule has 2 aliphatic heterocycles. The Bertz CT molecular complexity index is 955. The average Bonchev–Trinajstić information content (AvgIpc) is 3.03. The number of nitrogens with zero attached hydrogens (tertiary/aromatic N) is 1. The highest BCUT2D eigenvalue weighted by Crippen LogP contribution is 2.32. The SMILES string of the molecule is O=C(CN1C(=O)S/C(=C\c2ccccc2F)C1=O)N[C@H]1C=CS(=O)(=O)C1. The number of benzene rings is 1. The molecule has 0 unspecified atom stereocenters. The summed E-state index contributed by atoms with van der Waals surface area (Å²) >= 11 is 0.612. The highest BCUT2D eigenvalue weighted by molar-refractivity contribution is 8.18. The van der Waals surface area contributed by atoms with Crippen LogP contribution in [0.15, 0.2) is 40.7 Å². The summed E-state index contributed by atoms with van der Waals surface area (Å²) in [5, 5.41) is 2.79. The minimum Gasteiger partial charge on any atom is -0.347 e. The summed E-state index contributed by atoms with van der Waals surface area (Å²) in [6.07, 6.45) is 2.59. The second kappa shape index (κ2) is 7.04. The maximum absolute atomic E-state index is 13.7. The number of hydrogen-bond donors (Lipinski definition) is 1. The van der Waals surface area contributed by atoms with E-state index in [1.54, 1.807) is 6.07 Å². The number of nitrogens with one attached hydrogen (secondary N) is 1. The van der Waals surface area contributed by atoms with E-state index >= 15 is 0 Å². The molecule has 10 heteroatoms. The lowest BCUT2D eigenvalue weighted by Crippen LogP contribution is -2.43. The Morgan fingerprint density at radius 1 is 1.35 bits per heavy atom. The number of halogens is 1. The molecule has 0 aliphatic carbocycles. The molecule has 3 amide bonds. The summed E-state index contributed by atoms with van der Waals surface area (Å²) in [7, 11) is -3.33. The highest BCUT2D eigenvalue weighted by atomic mass is 32.2. The zero-order chi connectivity index (χ0) is 18.9. The predicted octanol–water partition coefficient (Wildman–Crippen LogP) is 1.29. The molecule has 1 aromatic rings. The molecule has 136 valence electrons. The Morgan fingerprint density at radius 2 is 2.08 bits per heavy atom. The van der Waals surface area contributed by atoms with Crippen LogP contribution >= 0.6 is 11.8 Å². The molecule has 7 nitrogen and oxygen atoms in total. The van der Waals surface area contributed by atoms with E-state index in [1.165, 1.54) is 30.4 Å². The third kappa shape index (κ3) is 4.02. The quantitative estimate of drug-likeness (QED) is 0.770. The van der Waals surface area contributed by atoms with Crippen molar-refractivity contribution in [2.75, 3.05) is 12.3 Å². The fourth-order valence-electron chi connectivity index (χ4n) is 2.43. The van der Waals surface area contributed by atoms with Crippen molar-refractivity contribution in [3.05, 3.63) is 52.0 Å². The molecule has 1 fully saturated rings. The number of carbonyl (C=O) groups is 3. The van der Waals surface area contributed by atoms with Gasteiger partial charge in [-0.25, -0.2) is 12.8 Å². The summed E-state index contributed by atoms with van der Waals surface area (Å²) in [6, 6.07) is 5.09. The first kappa shape index (κ1) is 18.3. The van der Waals surface area contributed by atoms with Crippen molar-refractivity contribution < 1.29 is 27.2 Å². The topological polar surface area (TPSA) is 101 Å². The number of imide groups is 1. The molecule has 2 aliphatic rings. The standard InChI is InChI=1S/C16H13FN2O5S2/c17-12-4-2-1-3-10(12)7-13-15(21)19(16(22)25-13)8-14(20)18-11-5-6-26(23,24)9-11/h1-7,11H,8-9H2,(H,18,20)/b13-7-/t11-/m0/s1. The number of thioether (sulfide) groups is 1. The molecule has 0 saturated carbocycles. The molecule has 1 atom stereocenters. The Kier molecular flexibility index (Phi) is 4.97. The van der Waals surface area contributed by atoms with Crippen molar-refractivity contribution in [1.82, 2.24) is 10.2 Å². The van der Waals surface area contributed by atoms with Crippen LogP contribution in [-0.4, -0.2) is 48.7 Å². The fraction of sp³-hybridized carbons (Fsp3) is 0.188. The first-order valence-corrected chi connectivity index (χ1v) is 9.98. The van der Waals surface area contributed by atoms with Gasteiger partial charge in [0.05, 0.1) is 16.7 Å². The molecule has 0 spiro atoms. The van der Waals surface area contributed by atoms with Gasteiger partial charge >= 0.3 is 0 Å². The lowest BCUT2D eigenvalue weighted by atomic mass is 10.2. The molecular formula is C16H13FN2O5S2. The summed E-state index contributed by atoms with van der Waals surface area (Å²) < 4.78 is 36.3. The zero-order valence-corrected chi connectivity index (χ0v) is 14.8. The van der Waals surface area contributed by atoms with Crippen LogP contribution in [0.5, 0.6) is 0 Å². The van der Waals surface area contributed by atoms with Gasteiger partial charge in [0.15, 0.2) is 9.84 Å². The summed E-state index contributed by atoms with van der Waals surface area (Å²) in [4.78, 5) is 37.0. The van der Waals surface area contributed by atoms with Gasteiger partial charge in [-0.15, -0.1) is 0 Å². The molecule has 26 heavy (non-hydrogen) atoms. The first-order chi connectivity index (χ1) is 12.2. The van der Waals surface area contributed by atoms with E-state index in [9.17, 15) is 27.2 Å². The number of sulfone groups is 1. The summed E-state index contributed by atoms with van der Waals surface area (Å²) in [5.41, 5.74) is 0.156. The smallest absolute Gasteiger partial charge is 0.294 e. The van der Waals surface area contributed by atoms with Crippen molar-refractivity contribution in [2.45, 2.75) is 6.04 Å². The lowest BCUT2D eigenvalue weighted by Gasteiger charge is -2.14. The van der Waals surface area contributed by atoms with Gasteiger partial charge in [0.1, 0.15) is 12.4 Å². The van der Waals surface area contributed by atoms with Crippen molar-refractivity contribution >= 4 is 44.7 Å². The van der Waals surface area contributed by atoms with Crippen LogP contribution in [0.2, 0.25) is 0 Å². The minimum atomic E-state index is -3.33. The van der Waals surface area contributed by atoms with Crippen LogP contribution < -0.4 is 5.32 Å². The molecule has 1 saturated heterocycles. The van der Waals surface area contributed by atoms with Crippen LogP contribution in [0.4, 0.5) is 9.18 Å². The van der Waals surface area contributed by atoms with E-state index in [-0.39, 0.29) is 16.2 Å². The minimum absolute atomic E-state index is 0.0104. The number of carbonyl (C=O) groups excluding carboxylic acids is 3. The maximum Gasteiger partial charge on any atom is 0.294 e. The second-order valence-electron chi connectivity index (χ2n) is 5.62. The Hall–Kier alpha value is -2.46. The van der Waals surface area contributed by atoms with Gasteiger partial charge in [-0.1, -0.05) is 18.2 Å². The predicted molar refractivity (Wildman–Crippen MR) is 93.9 cm³/mol. The van der Waals surface area contributed by atoms with Gasteiger partial charge in [0, 0.05) is 11.0 Å². The molecule has 0 radical (unpaired) electrons. The molecule has 0 bridgehead atoms. The van der Waals surface area contributed by atoms with Gasteiger partial charge in [-0.2, -0.15) is 0 Å². The monoisotopic (exact) mass is 396 g/mol. The average molecular weight is 396 g/mol. The van der Waals surface area contributed by atoms with E-state index < -0.39 is 45.3 Å². The van der Waals surface area contributed by atoms with Gasteiger partial charge < -0.3 is 5.32 Å². The number of rotatable bonds is 4. The molecule has 2 heterocycles. The largest absolute Gasteiger partial charge is 0.347 e. The third-order valence-corrected chi connectivity index (χ3v) is 5.95. The van der Waals surface area contributed by atoms with Crippen molar-refractivity contribution in [3.63, 3.8) is 0 Å². The maximum atomic E-state index is 13.7. The van der Waals surface area contributed by atoms with Crippen LogP contribution in [0.1, 0.15) is 5.56 Å². The summed E-state index contributed by atoms with van der Waals surface area (Å²) in [5.74, 6) is -2.15. The fourth-order valence-corrected chi connectivity index (χ4v) is 4.50. The molecule has 1 N–H and O–H groups in total. The van der Waals surface area contributed by atoms with E-state index in [2.05, 4.69) is 5.32 Å². The number of amides is 3. The van der Waals surface area contributed by atoms with E-state index in [0.717, 1.165) is 10.3 Å². The number of hydrogen-bond acceptors (Lipinski definition) is 6. The van der Waals surface area contributed by atoms with Gasteiger partial charge in [-0.05, 0) is 30.0 Å². The second-order valence-corrected chi connectivity index (χ2v) is 8.55. The van der Waals surface area contributed by atoms with Gasteiger partial charge in [0.25, 0.3) is 11.1 Å². The Morgan fingerprint density at radius 3 is 2.73 bits per heavy atom. The lowest BCUT2D eigenvalue weighted by molar-refractivity contribution is -0.129. The van der Waals surface area contributed by atoms with Crippen LogP contribution in [0.25, 0.3) is 6.08 Å². The first-order valence-electron chi connectivity index (χ1n) is 7.45. The van der Waals surface area contributed by atoms with E-state index in [0.29, 0.717) is 11.8 Å². The van der Waals surface area contributed by atoms with Crippen LogP contribution in [0.3, 0.4) is 0 Å². The van der Waals surface area contributed by atoms with Crippen LogP contribution in [-0.2, 0) is 19.4 Å². The van der Waals surface area contributed by atoms with E-state index in [1.807, 2.05) is 0 Å². The van der Waals surface area contributed by atoms with Crippen molar-refractivity contribution in [3.8, 4) is 0 Å². The van der Waals surface area contributed by atoms with Gasteiger partial charge in [-0.3, -0.25) is 19.3 Å². The van der Waals surface area contributed by atoms with Crippen molar-refractivity contribution in [2.24, 2.45) is 0 Å². The van der Waals surface area contributed by atoms with Crippen molar-refractivity contribution in [1.29, 1.82) is 0 Å².